The lowest BCUT2D eigenvalue weighted by Gasteiger charge is -2.26. The molecule has 0 N–H and O–H groups in total. The van der Waals surface area contributed by atoms with Crippen LogP contribution < -0.4 is 9.47 Å². The van der Waals surface area contributed by atoms with Gasteiger partial charge < -0.3 is 9.47 Å². The summed E-state index contributed by atoms with van der Waals surface area (Å²) in [4.78, 5) is 0. The summed E-state index contributed by atoms with van der Waals surface area (Å²) in [5.74, 6) is 0.865. The molecule has 0 atom stereocenters. The highest BCUT2D eigenvalue weighted by Crippen LogP contribution is 2.28. The first-order chi connectivity index (χ1) is 7.57. The van der Waals surface area contributed by atoms with Gasteiger partial charge in [0.1, 0.15) is 47.1 Å². The van der Waals surface area contributed by atoms with E-state index in [2.05, 4.69) is 10.2 Å². The Kier molecular flexibility index (Phi) is 4.18. The zero-order chi connectivity index (χ0) is 13.3. The fourth-order valence-electron chi connectivity index (χ4n) is 1.10. The first kappa shape index (κ1) is 14.4. The molecule has 0 unspecified atom stereocenters. The maximum absolute atomic E-state index is 5.81. The minimum atomic E-state index is -0.363. The number of rotatable bonds is 4. The van der Waals surface area contributed by atoms with Crippen molar-refractivity contribution in [1.29, 1.82) is 0 Å². The van der Waals surface area contributed by atoms with Gasteiger partial charge in [0.2, 0.25) is 0 Å². The van der Waals surface area contributed by atoms with Crippen molar-refractivity contribution in [2.45, 2.75) is 10.6 Å². The van der Waals surface area contributed by atoms with Crippen molar-refractivity contribution in [2.24, 2.45) is 0 Å². The van der Waals surface area contributed by atoms with Crippen molar-refractivity contribution in [1.82, 2.24) is 10.2 Å². The molecular formula is C6H13B6ClN2O2. The molecule has 1 rings (SSSR count). The van der Waals surface area contributed by atoms with Crippen LogP contribution in [0.4, 0.5) is 0 Å². The number of halogens is 1. The van der Waals surface area contributed by atoms with Gasteiger partial charge in [0, 0.05) is 16.7 Å². The molecule has 0 spiro atoms. The van der Waals surface area contributed by atoms with Crippen LogP contribution in [0.5, 0.6) is 11.6 Å². The molecule has 0 bridgehead atoms. The number of nitrogens with zero attached hydrogens (tertiary/aromatic N) is 2. The highest BCUT2D eigenvalue weighted by atomic mass is 35.5. The lowest BCUT2D eigenvalue weighted by molar-refractivity contribution is 0.254. The summed E-state index contributed by atoms with van der Waals surface area (Å²) in [6.45, 7) is 0. The second-order valence-electron chi connectivity index (χ2n) is 5.77. The molecule has 1 aromatic heterocycles. The largest absolute Gasteiger partial charge is 0.509 e. The standard InChI is InChI=1S/C6H13B6ClN2O2/c7-5(8,9)16-2-1-3(13)14-15-4(2)17-6(10,11)12/h1H,7-12H2. The maximum Gasteiger partial charge on any atom is 0.274 e. The monoisotopic (exact) mass is 246 g/mol. The average molecular weight is 246 g/mol. The van der Waals surface area contributed by atoms with Gasteiger partial charge in [0.25, 0.3) is 5.88 Å². The Morgan fingerprint density at radius 1 is 0.941 bits per heavy atom. The van der Waals surface area contributed by atoms with Crippen LogP contribution in [0.25, 0.3) is 0 Å². The maximum atomic E-state index is 5.81. The van der Waals surface area contributed by atoms with Gasteiger partial charge in [0.15, 0.2) is 10.9 Å². The average Bonchev–Trinajstić information content (AvgIpc) is 2.05. The third-order valence-corrected chi connectivity index (χ3v) is 1.70. The van der Waals surface area contributed by atoms with Gasteiger partial charge in [-0.15, -0.1) is 10.2 Å². The lowest BCUT2D eigenvalue weighted by Crippen LogP contribution is -2.40. The van der Waals surface area contributed by atoms with Crippen LogP contribution >= 0.6 is 11.6 Å². The van der Waals surface area contributed by atoms with E-state index >= 15 is 0 Å². The van der Waals surface area contributed by atoms with E-state index in [9.17, 15) is 0 Å². The molecule has 0 aliphatic heterocycles. The second kappa shape index (κ2) is 4.92. The third kappa shape index (κ3) is 5.48. The lowest BCUT2D eigenvalue weighted by atomic mass is 9.52. The van der Waals surface area contributed by atoms with Crippen LogP contribution in [0.3, 0.4) is 0 Å². The van der Waals surface area contributed by atoms with Crippen molar-refractivity contribution in [3.05, 3.63) is 11.2 Å². The summed E-state index contributed by atoms with van der Waals surface area (Å²) in [6, 6.07) is 1.61. The molecular weight excluding hydrogens is 232 g/mol. The molecule has 4 nitrogen and oxygen atoms in total. The Balaban J connectivity index is 3.04. The summed E-state index contributed by atoms with van der Waals surface area (Å²) in [5.41, 5.74) is 0. The van der Waals surface area contributed by atoms with Crippen LogP contribution in [0.2, 0.25) is 5.15 Å². The fraction of sp³-hybridized carbons (Fsp3) is 0.333. The van der Waals surface area contributed by atoms with Gasteiger partial charge in [0.05, 0.1) is 0 Å². The first-order valence-corrected chi connectivity index (χ1v) is 5.86. The van der Waals surface area contributed by atoms with Crippen molar-refractivity contribution in [3.63, 3.8) is 0 Å². The van der Waals surface area contributed by atoms with E-state index in [0.29, 0.717) is 11.6 Å². The summed E-state index contributed by atoms with van der Waals surface area (Å²) in [6.07, 6.45) is 0. The van der Waals surface area contributed by atoms with Crippen LogP contribution in [-0.2, 0) is 0 Å². The van der Waals surface area contributed by atoms with Gasteiger partial charge >= 0.3 is 0 Å². The van der Waals surface area contributed by atoms with E-state index < -0.39 is 0 Å². The summed E-state index contributed by atoms with van der Waals surface area (Å²) in [7, 11) is 11.6. The van der Waals surface area contributed by atoms with E-state index in [-0.39, 0.29) is 15.8 Å². The molecule has 0 aliphatic carbocycles. The quantitative estimate of drug-likeness (QED) is 0.498. The van der Waals surface area contributed by atoms with Gasteiger partial charge in [-0.05, 0) is 0 Å². The van der Waals surface area contributed by atoms with E-state index in [0.717, 1.165) is 0 Å². The van der Waals surface area contributed by atoms with Crippen LogP contribution in [-0.4, -0.2) is 67.9 Å². The molecule has 1 heterocycles. The highest BCUT2D eigenvalue weighted by Gasteiger charge is 2.21. The minimum absolute atomic E-state index is 0.283. The molecule has 84 valence electrons. The van der Waals surface area contributed by atoms with Gasteiger partial charge in [-0.25, -0.2) is 0 Å². The molecule has 1 aromatic rings. The third-order valence-electron chi connectivity index (χ3n) is 1.52. The topological polar surface area (TPSA) is 44.2 Å². The molecule has 0 saturated heterocycles. The van der Waals surface area contributed by atoms with E-state index in [1.807, 2.05) is 47.1 Å². The van der Waals surface area contributed by atoms with Crippen LogP contribution in [0.1, 0.15) is 0 Å². The van der Waals surface area contributed by atoms with Crippen molar-refractivity contribution in [2.75, 3.05) is 0 Å². The van der Waals surface area contributed by atoms with Crippen LogP contribution in [0.15, 0.2) is 6.07 Å². The van der Waals surface area contributed by atoms with Crippen molar-refractivity contribution in [3.8, 4) is 11.6 Å². The smallest absolute Gasteiger partial charge is 0.274 e. The highest BCUT2D eigenvalue weighted by molar-refractivity contribution is 6.59. The zero-order valence-electron chi connectivity index (χ0n) is 11.2. The Hall–Kier alpha value is -0.640. The SMILES string of the molecule is BC(B)(B)Oc1cc(Cl)nnc1OC(B)(B)B. The molecule has 0 saturated carbocycles. The molecule has 0 aliphatic rings. The minimum Gasteiger partial charge on any atom is -0.509 e. The molecule has 0 amide bonds. The fourth-order valence-corrected chi connectivity index (χ4v) is 1.24. The molecule has 0 radical (unpaired) electrons. The van der Waals surface area contributed by atoms with Crippen molar-refractivity contribution >= 4 is 58.7 Å². The summed E-state index contributed by atoms with van der Waals surface area (Å²) < 4.78 is 11.4. The molecule has 0 fully saturated rings. The van der Waals surface area contributed by atoms with E-state index in [1.165, 1.54) is 0 Å². The molecule has 0 aromatic carbocycles. The summed E-state index contributed by atoms with van der Waals surface area (Å²) >= 11 is 5.81. The van der Waals surface area contributed by atoms with E-state index in [1.54, 1.807) is 6.07 Å². The number of ether oxygens (including phenoxy) is 2. The number of aromatic nitrogens is 2. The molecule has 11 heteroatoms. The Morgan fingerprint density at radius 3 is 1.94 bits per heavy atom. The van der Waals surface area contributed by atoms with Crippen molar-refractivity contribution < 1.29 is 9.47 Å². The van der Waals surface area contributed by atoms with E-state index in [4.69, 9.17) is 21.1 Å². The second-order valence-corrected chi connectivity index (χ2v) is 6.15. The zero-order valence-corrected chi connectivity index (χ0v) is 11.9. The summed E-state index contributed by atoms with van der Waals surface area (Å²) in [5, 5.41) is 7.26. The van der Waals surface area contributed by atoms with Gasteiger partial charge in [-0.2, -0.15) is 0 Å². The number of hydrogen-bond acceptors (Lipinski definition) is 4. The molecule has 17 heavy (non-hydrogen) atoms. The normalized spacial score (nSPS) is 12.1. The predicted molar refractivity (Wildman–Crippen MR) is 85.0 cm³/mol. The number of hydrogen-bond donors (Lipinski definition) is 0. The Labute approximate surface area is 112 Å². The first-order valence-electron chi connectivity index (χ1n) is 5.48. The van der Waals surface area contributed by atoms with Gasteiger partial charge in [-0.1, -0.05) is 11.6 Å². The van der Waals surface area contributed by atoms with Crippen LogP contribution in [0, 0.1) is 0 Å². The van der Waals surface area contributed by atoms with Gasteiger partial charge in [-0.3, -0.25) is 0 Å². The predicted octanol–water partition coefficient (Wildman–Crippen LogP) is -5.09. The Bertz CT molecular complexity index is 406. The Morgan fingerprint density at radius 2 is 1.47 bits per heavy atom.